The van der Waals surface area contributed by atoms with Crippen LogP contribution in [0.1, 0.15) is 26.2 Å². The number of nitrogens with one attached hydrogen (secondary N) is 1. The van der Waals surface area contributed by atoms with Gasteiger partial charge in [-0.05, 0) is 25.8 Å². The number of rotatable bonds is 8. The van der Waals surface area contributed by atoms with Crippen LogP contribution in [-0.2, 0) is 4.79 Å². The summed E-state index contributed by atoms with van der Waals surface area (Å²) in [6.45, 7) is 8.57. The Morgan fingerprint density at radius 3 is 3.18 bits per heavy atom. The third-order valence-electron chi connectivity index (χ3n) is 2.91. The van der Waals surface area contributed by atoms with E-state index in [1.54, 1.807) is 0 Å². The van der Waals surface area contributed by atoms with Crippen molar-refractivity contribution < 1.29 is 4.79 Å². The van der Waals surface area contributed by atoms with Gasteiger partial charge in [0.2, 0.25) is 5.91 Å². The molecule has 17 heavy (non-hydrogen) atoms. The first kappa shape index (κ1) is 14.6. The molecule has 1 unspecified atom stereocenters. The summed E-state index contributed by atoms with van der Waals surface area (Å²) < 4.78 is 0. The first-order valence-electron chi connectivity index (χ1n) is 6.50. The van der Waals surface area contributed by atoms with Crippen LogP contribution < -0.4 is 5.32 Å². The van der Waals surface area contributed by atoms with Crippen molar-refractivity contribution in [2.24, 2.45) is 0 Å². The van der Waals surface area contributed by atoms with Crippen LogP contribution in [-0.4, -0.2) is 48.0 Å². The summed E-state index contributed by atoms with van der Waals surface area (Å²) in [5, 5.41) is 3.34. The summed E-state index contributed by atoms with van der Waals surface area (Å²) in [4.78, 5) is 14.1. The second-order valence-corrected chi connectivity index (χ2v) is 5.49. The Morgan fingerprint density at radius 2 is 2.47 bits per heavy atom. The minimum atomic E-state index is 0.0631. The molecule has 0 aromatic carbocycles. The summed E-state index contributed by atoms with van der Waals surface area (Å²) in [6, 6.07) is 0.0631. The topological polar surface area (TPSA) is 32.3 Å². The van der Waals surface area contributed by atoms with Crippen LogP contribution in [0.4, 0.5) is 0 Å². The molecule has 1 fully saturated rings. The summed E-state index contributed by atoms with van der Waals surface area (Å²) in [5.41, 5.74) is 0. The van der Waals surface area contributed by atoms with Crippen molar-refractivity contribution in [3.8, 4) is 0 Å². The number of amides is 1. The van der Waals surface area contributed by atoms with Crippen LogP contribution in [0, 0.1) is 0 Å². The predicted molar refractivity (Wildman–Crippen MR) is 75.4 cm³/mol. The van der Waals surface area contributed by atoms with Gasteiger partial charge in [0.05, 0.1) is 6.04 Å². The van der Waals surface area contributed by atoms with Crippen molar-refractivity contribution in [1.82, 2.24) is 10.2 Å². The van der Waals surface area contributed by atoms with E-state index in [4.69, 9.17) is 0 Å². The summed E-state index contributed by atoms with van der Waals surface area (Å²) in [6.07, 6.45) is 5.11. The van der Waals surface area contributed by atoms with Gasteiger partial charge in [-0.1, -0.05) is 13.0 Å². The molecule has 98 valence electrons. The van der Waals surface area contributed by atoms with Gasteiger partial charge in [0.1, 0.15) is 0 Å². The van der Waals surface area contributed by atoms with Crippen LogP contribution in [0.2, 0.25) is 0 Å². The number of carbonyl (C=O) groups is 1. The maximum Gasteiger partial charge on any atom is 0.239 e. The summed E-state index contributed by atoms with van der Waals surface area (Å²) in [7, 11) is 0. The first-order chi connectivity index (χ1) is 8.29. The van der Waals surface area contributed by atoms with E-state index in [2.05, 4.69) is 18.8 Å². The number of piperidine rings is 1. The lowest BCUT2D eigenvalue weighted by atomic mass is 10.0. The molecular formula is C13H24N2OS. The van der Waals surface area contributed by atoms with Crippen molar-refractivity contribution in [2.45, 2.75) is 32.2 Å². The molecule has 4 heteroatoms. The number of thioether (sulfide) groups is 1. The number of hydrogen-bond acceptors (Lipinski definition) is 3. The average molecular weight is 256 g/mol. The molecule has 3 nitrogen and oxygen atoms in total. The minimum absolute atomic E-state index is 0.0631. The SMILES string of the molecule is C=CCSCCN1CCCC(NCCC)C1=O. The molecule has 1 N–H and O–H groups in total. The van der Waals surface area contributed by atoms with Crippen molar-refractivity contribution >= 4 is 17.7 Å². The Balaban J connectivity index is 2.28. The van der Waals surface area contributed by atoms with Gasteiger partial charge < -0.3 is 10.2 Å². The van der Waals surface area contributed by atoms with E-state index in [9.17, 15) is 4.79 Å². The molecule has 1 saturated heterocycles. The molecule has 0 radical (unpaired) electrons. The summed E-state index contributed by atoms with van der Waals surface area (Å²) in [5.74, 6) is 2.28. The van der Waals surface area contributed by atoms with Crippen LogP contribution in [0.15, 0.2) is 12.7 Å². The van der Waals surface area contributed by atoms with Gasteiger partial charge in [0.15, 0.2) is 0 Å². The zero-order valence-electron chi connectivity index (χ0n) is 10.8. The number of hydrogen-bond donors (Lipinski definition) is 1. The lowest BCUT2D eigenvalue weighted by molar-refractivity contribution is -0.135. The van der Waals surface area contributed by atoms with Crippen molar-refractivity contribution in [2.75, 3.05) is 31.1 Å². The quantitative estimate of drug-likeness (QED) is 0.532. The Labute approximate surface area is 109 Å². The Kier molecular flexibility index (Phi) is 7.37. The van der Waals surface area contributed by atoms with E-state index >= 15 is 0 Å². The van der Waals surface area contributed by atoms with E-state index in [0.29, 0.717) is 5.91 Å². The fourth-order valence-electron chi connectivity index (χ4n) is 2.01. The highest BCUT2D eigenvalue weighted by Gasteiger charge is 2.27. The van der Waals surface area contributed by atoms with Crippen molar-refractivity contribution in [3.63, 3.8) is 0 Å². The molecule has 1 heterocycles. The van der Waals surface area contributed by atoms with E-state index in [1.165, 1.54) is 0 Å². The maximum atomic E-state index is 12.1. The first-order valence-corrected chi connectivity index (χ1v) is 7.65. The zero-order valence-corrected chi connectivity index (χ0v) is 11.6. The van der Waals surface area contributed by atoms with Crippen LogP contribution in [0.3, 0.4) is 0 Å². The number of carbonyl (C=O) groups excluding carboxylic acids is 1. The zero-order chi connectivity index (χ0) is 12.5. The Morgan fingerprint density at radius 1 is 1.65 bits per heavy atom. The average Bonchev–Trinajstić information content (AvgIpc) is 2.35. The standard InChI is InChI=1S/C13H24N2OS/c1-3-7-14-12-6-5-8-15(13(12)16)9-11-17-10-4-2/h4,12,14H,2-3,5-11H2,1H3. The highest BCUT2D eigenvalue weighted by atomic mass is 32.2. The number of likely N-dealkylation sites (tertiary alicyclic amines) is 1. The normalized spacial score (nSPS) is 20.6. The molecule has 1 rings (SSSR count). The van der Waals surface area contributed by atoms with E-state index < -0.39 is 0 Å². The second-order valence-electron chi connectivity index (χ2n) is 4.34. The lowest BCUT2D eigenvalue weighted by Gasteiger charge is -2.32. The van der Waals surface area contributed by atoms with E-state index in [1.807, 2.05) is 22.7 Å². The molecule has 1 amide bonds. The van der Waals surface area contributed by atoms with Gasteiger partial charge in [0, 0.05) is 24.6 Å². The molecule has 1 atom stereocenters. The molecule has 0 spiro atoms. The molecule has 1 aliphatic rings. The smallest absolute Gasteiger partial charge is 0.239 e. The van der Waals surface area contributed by atoms with Gasteiger partial charge in [0.25, 0.3) is 0 Å². The van der Waals surface area contributed by atoms with Gasteiger partial charge in [-0.25, -0.2) is 0 Å². The molecular weight excluding hydrogens is 232 g/mol. The third-order valence-corrected chi connectivity index (χ3v) is 3.86. The fourth-order valence-corrected chi connectivity index (χ4v) is 2.69. The highest BCUT2D eigenvalue weighted by Crippen LogP contribution is 2.13. The summed E-state index contributed by atoms with van der Waals surface area (Å²) >= 11 is 1.84. The third kappa shape index (κ3) is 5.13. The molecule has 0 aromatic rings. The molecule has 0 bridgehead atoms. The number of nitrogens with zero attached hydrogens (tertiary/aromatic N) is 1. The van der Waals surface area contributed by atoms with Crippen molar-refractivity contribution in [1.29, 1.82) is 0 Å². The second kappa shape index (κ2) is 8.59. The Hall–Kier alpha value is -0.480. The highest BCUT2D eigenvalue weighted by molar-refractivity contribution is 7.99. The fraction of sp³-hybridized carbons (Fsp3) is 0.769. The van der Waals surface area contributed by atoms with Crippen LogP contribution in [0.5, 0.6) is 0 Å². The molecule has 1 aliphatic heterocycles. The minimum Gasteiger partial charge on any atom is -0.341 e. The van der Waals surface area contributed by atoms with Crippen molar-refractivity contribution in [3.05, 3.63) is 12.7 Å². The molecule has 0 aromatic heterocycles. The predicted octanol–water partition coefficient (Wildman–Crippen LogP) is 1.90. The maximum absolute atomic E-state index is 12.1. The molecule has 0 aliphatic carbocycles. The Bertz CT molecular complexity index is 246. The van der Waals surface area contributed by atoms with Crippen LogP contribution in [0.25, 0.3) is 0 Å². The van der Waals surface area contributed by atoms with Gasteiger partial charge in [-0.2, -0.15) is 11.8 Å². The van der Waals surface area contributed by atoms with E-state index in [-0.39, 0.29) is 6.04 Å². The van der Waals surface area contributed by atoms with Gasteiger partial charge in [-0.15, -0.1) is 6.58 Å². The van der Waals surface area contributed by atoms with Crippen LogP contribution >= 0.6 is 11.8 Å². The largest absolute Gasteiger partial charge is 0.341 e. The monoisotopic (exact) mass is 256 g/mol. The van der Waals surface area contributed by atoms with Gasteiger partial charge in [-0.3, -0.25) is 4.79 Å². The van der Waals surface area contributed by atoms with Gasteiger partial charge >= 0.3 is 0 Å². The lowest BCUT2D eigenvalue weighted by Crippen LogP contribution is -2.51. The van der Waals surface area contributed by atoms with E-state index in [0.717, 1.165) is 50.4 Å². The molecule has 0 saturated carbocycles.